The molecule has 2 aromatic heterocycles. The van der Waals surface area contributed by atoms with Gasteiger partial charge in [0.1, 0.15) is 18.4 Å². The highest BCUT2D eigenvalue weighted by molar-refractivity contribution is 7.46. The Balaban J connectivity index is 1.94. The van der Waals surface area contributed by atoms with E-state index in [0.717, 1.165) is 0 Å². The number of nitrogens with one attached hydrogen (secondary N) is 1. The first kappa shape index (κ1) is 16.1. The maximum atomic E-state index is 11.7. The summed E-state index contributed by atoms with van der Waals surface area (Å²) in [5.74, 6) is -0.107. The summed E-state index contributed by atoms with van der Waals surface area (Å²) in [5, 5.41) is 9.28. The van der Waals surface area contributed by atoms with E-state index in [1.807, 2.05) is 0 Å². The molecule has 0 aliphatic carbocycles. The van der Waals surface area contributed by atoms with Crippen LogP contribution in [-0.2, 0) is 13.8 Å². The molecule has 1 fully saturated rings. The molecule has 0 aromatic carbocycles. The largest absolute Gasteiger partial charge is 0.469 e. The van der Waals surface area contributed by atoms with Crippen molar-refractivity contribution in [3.8, 4) is 0 Å². The van der Waals surface area contributed by atoms with Crippen molar-refractivity contribution in [3.63, 3.8) is 0 Å². The van der Waals surface area contributed by atoms with E-state index >= 15 is 0 Å². The number of aliphatic hydroxyl groups excluding tert-OH is 1. The van der Waals surface area contributed by atoms with E-state index in [4.69, 9.17) is 20.3 Å². The maximum Gasteiger partial charge on any atom is 0.469 e. The van der Waals surface area contributed by atoms with E-state index in [-0.39, 0.29) is 23.5 Å². The Labute approximate surface area is 128 Å². The van der Waals surface area contributed by atoms with Crippen LogP contribution in [0.5, 0.6) is 0 Å². The number of nitrogen functional groups attached to an aromatic ring is 1. The van der Waals surface area contributed by atoms with Gasteiger partial charge >= 0.3 is 7.82 Å². The number of rotatable bonds is 4. The van der Waals surface area contributed by atoms with Gasteiger partial charge in [-0.15, -0.1) is 0 Å². The monoisotopic (exact) mass is 347 g/mol. The molecule has 6 N–H and O–H groups in total. The number of aliphatic hydroxyl groups is 1. The normalized spacial score (nSPS) is 25.3. The van der Waals surface area contributed by atoms with Gasteiger partial charge in [0.25, 0.3) is 5.56 Å². The van der Waals surface area contributed by atoms with Crippen LogP contribution in [0.15, 0.2) is 11.1 Å². The number of fused-ring (bicyclic) bond motifs is 1. The number of imidazole rings is 1. The molecule has 3 atom stereocenters. The number of ether oxygens (including phenoxy) is 1. The zero-order valence-electron chi connectivity index (χ0n) is 11.6. The lowest BCUT2D eigenvalue weighted by Gasteiger charge is -2.16. The number of hydrogen-bond acceptors (Lipinski definition) is 8. The molecule has 1 aliphatic heterocycles. The topological polar surface area (TPSA) is 186 Å². The summed E-state index contributed by atoms with van der Waals surface area (Å²) in [6.07, 6.45) is -1.42. The quantitative estimate of drug-likeness (QED) is 0.406. The molecule has 126 valence electrons. The molecule has 0 amide bonds. The van der Waals surface area contributed by atoms with Gasteiger partial charge in [0, 0.05) is 6.42 Å². The zero-order valence-corrected chi connectivity index (χ0v) is 12.5. The Kier molecular flexibility index (Phi) is 3.96. The van der Waals surface area contributed by atoms with E-state index in [9.17, 15) is 14.5 Å². The number of nitrogens with two attached hydrogens (primary N) is 1. The van der Waals surface area contributed by atoms with Crippen molar-refractivity contribution in [1.82, 2.24) is 19.5 Å². The third kappa shape index (κ3) is 3.13. The van der Waals surface area contributed by atoms with Gasteiger partial charge in [-0.1, -0.05) is 0 Å². The molecule has 13 heteroatoms. The number of aromatic nitrogens is 4. The number of H-pyrrole nitrogens is 1. The summed E-state index contributed by atoms with van der Waals surface area (Å²) in [7, 11) is -4.74. The number of nitrogens with zero attached hydrogens (tertiary/aromatic N) is 3. The highest BCUT2D eigenvalue weighted by Gasteiger charge is 2.40. The Hall–Kier alpha value is -1.82. The van der Waals surface area contributed by atoms with Gasteiger partial charge < -0.3 is 25.4 Å². The highest BCUT2D eigenvalue weighted by Crippen LogP contribution is 2.43. The van der Waals surface area contributed by atoms with Crippen molar-refractivity contribution in [2.45, 2.75) is 24.9 Å². The number of phosphoric ester groups is 1. The molecule has 0 unspecified atom stereocenters. The number of phosphoric acid groups is 1. The minimum Gasteiger partial charge on any atom is -0.394 e. The van der Waals surface area contributed by atoms with Crippen LogP contribution in [0.3, 0.4) is 0 Å². The molecular formula is C10H14N5O7P. The van der Waals surface area contributed by atoms with E-state index in [1.165, 1.54) is 10.9 Å². The van der Waals surface area contributed by atoms with E-state index in [1.54, 1.807) is 0 Å². The Morgan fingerprint density at radius 3 is 2.96 bits per heavy atom. The lowest BCUT2D eigenvalue weighted by molar-refractivity contribution is -0.0425. The third-order valence-electron chi connectivity index (χ3n) is 3.39. The minimum absolute atomic E-state index is 0.0240. The summed E-state index contributed by atoms with van der Waals surface area (Å²) >= 11 is 0. The van der Waals surface area contributed by atoms with Crippen LogP contribution in [0, 0.1) is 0 Å². The first-order valence-electron chi connectivity index (χ1n) is 6.51. The second-order valence-electron chi connectivity index (χ2n) is 4.96. The second-order valence-corrected chi connectivity index (χ2v) is 6.15. The number of hydrogen-bond donors (Lipinski definition) is 5. The zero-order chi connectivity index (χ0) is 16.8. The lowest BCUT2D eigenvalue weighted by Crippen LogP contribution is -2.26. The minimum atomic E-state index is -4.74. The average molecular weight is 347 g/mol. The predicted octanol–water partition coefficient (Wildman–Crippen LogP) is -1.54. The summed E-state index contributed by atoms with van der Waals surface area (Å²) < 4.78 is 22.5. The smallest absolute Gasteiger partial charge is 0.394 e. The van der Waals surface area contributed by atoms with Gasteiger partial charge in [-0.2, -0.15) is 4.98 Å². The Bertz CT molecular complexity index is 829. The molecule has 0 saturated carbocycles. The molecule has 3 rings (SSSR count). The Morgan fingerprint density at radius 1 is 1.57 bits per heavy atom. The Morgan fingerprint density at radius 2 is 2.30 bits per heavy atom. The van der Waals surface area contributed by atoms with Crippen molar-refractivity contribution in [2.75, 3.05) is 12.3 Å². The average Bonchev–Trinajstić information content (AvgIpc) is 3.00. The molecule has 0 radical (unpaired) electrons. The van der Waals surface area contributed by atoms with Crippen molar-refractivity contribution in [1.29, 1.82) is 0 Å². The molecule has 1 aliphatic rings. The fraction of sp³-hybridized carbons (Fsp3) is 0.500. The standard InChI is InChI=1S/C10H14N5O7P/c11-10-13-8-7(9(17)14-10)12-3-15(8)6-1-4(5(2-16)21-6)22-23(18,19)20/h3-6,16H,1-2H2,(H2,18,19,20)(H3,11,13,14,17)/t4-,5+,6+/m0/s1. The number of anilines is 1. The SMILES string of the molecule is Nc1nc2c(ncn2[C@H]2C[C@H](OP(=O)(O)O)[C@@H](CO)O2)c(=O)[nH]1. The molecule has 1 saturated heterocycles. The highest BCUT2D eigenvalue weighted by atomic mass is 31.2. The molecular weight excluding hydrogens is 333 g/mol. The van der Waals surface area contributed by atoms with Crippen LogP contribution >= 0.6 is 7.82 Å². The maximum absolute atomic E-state index is 11.7. The van der Waals surface area contributed by atoms with Crippen molar-refractivity contribution < 1.29 is 28.7 Å². The first-order valence-corrected chi connectivity index (χ1v) is 8.04. The fourth-order valence-corrected chi connectivity index (χ4v) is 3.05. The summed E-state index contributed by atoms with van der Waals surface area (Å²) in [6, 6.07) is 0. The van der Waals surface area contributed by atoms with Crippen molar-refractivity contribution in [2.24, 2.45) is 0 Å². The van der Waals surface area contributed by atoms with Gasteiger partial charge in [-0.05, 0) is 0 Å². The first-order chi connectivity index (χ1) is 10.8. The van der Waals surface area contributed by atoms with E-state index in [0.29, 0.717) is 0 Å². The van der Waals surface area contributed by atoms with Crippen LogP contribution in [0.2, 0.25) is 0 Å². The molecule has 2 aromatic rings. The summed E-state index contributed by atoms with van der Waals surface area (Å²) in [5.41, 5.74) is 5.18. The van der Waals surface area contributed by atoms with Crippen molar-refractivity contribution in [3.05, 3.63) is 16.7 Å². The van der Waals surface area contributed by atoms with Crippen LogP contribution < -0.4 is 11.3 Å². The third-order valence-corrected chi connectivity index (χ3v) is 3.94. The fourth-order valence-electron chi connectivity index (χ4n) is 2.48. The molecule has 0 bridgehead atoms. The van der Waals surface area contributed by atoms with Gasteiger partial charge in [-0.3, -0.25) is 18.9 Å². The van der Waals surface area contributed by atoms with Crippen molar-refractivity contribution >= 4 is 24.9 Å². The van der Waals surface area contributed by atoms with Gasteiger partial charge in [0.05, 0.1) is 12.9 Å². The molecule has 12 nitrogen and oxygen atoms in total. The van der Waals surface area contributed by atoms with E-state index in [2.05, 4.69) is 19.5 Å². The lowest BCUT2D eigenvalue weighted by atomic mass is 10.2. The second kappa shape index (κ2) is 5.67. The summed E-state index contributed by atoms with van der Waals surface area (Å²) in [6.45, 7) is -0.496. The number of aromatic amines is 1. The summed E-state index contributed by atoms with van der Waals surface area (Å²) in [4.78, 5) is 39.8. The molecule has 0 spiro atoms. The van der Waals surface area contributed by atoms with E-state index < -0.39 is 38.4 Å². The predicted molar refractivity (Wildman–Crippen MR) is 75.1 cm³/mol. The van der Waals surface area contributed by atoms with Crippen LogP contribution in [0.1, 0.15) is 12.6 Å². The van der Waals surface area contributed by atoms with Gasteiger partial charge in [-0.25, -0.2) is 9.55 Å². The molecule has 23 heavy (non-hydrogen) atoms. The van der Waals surface area contributed by atoms with Gasteiger partial charge in [0.2, 0.25) is 5.95 Å². The molecule has 3 heterocycles. The van der Waals surface area contributed by atoms with Gasteiger partial charge in [0.15, 0.2) is 11.2 Å². The van der Waals surface area contributed by atoms with Crippen LogP contribution in [0.25, 0.3) is 11.2 Å². The van der Waals surface area contributed by atoms with Crippen LogP contribution in [0.4, 0.5) is 5.95 Å². The van der Waals surface area contributed by atoms with Crippen LogP contribution in [-0.4, -0.2) is 53.2 Å².